The molecule has 0 atom stereocenters. The molecule has 0 aromatic carbocycles. The standard InChI is InChI=1S/C8H9N5S2/c9-6-7(12-2-1-11-6)14-3-5-4-15-8(10)13-5/h1-2,4H,3H2,(H2,9,11)(H2,10,13). The fraction of sp³-hybridized carbons (Fsp3) is 0.125. The number of thioether (sulfide) groups is 1. The first kappa shape index (κ1) is 10.2. The summed E-state index contributed by atoms with van der Waals surface area (Å²) in [5.74, 6) is 1.15. The summed E-state index contributed by atoms with van der Waals surface area (Å²) >= 11 is 2.93. The van der Waals surface area contributed by atoms with Crippen molar-refractivity contribution < 1.29 is 0 Å². The first-order valence-corrected chi connectivity index (χ1v) is 6.01. The van der Waals surface area contributed by atoms with Crippen LogP contribution < -0.4 is 11.5 Å². The van der Waals surface area contributed by atoms with Crippen molar-refractivity contribution >= 4 is 34.0 Å². The van der Waals surface area contributed by atoms with Crippen LogP contribution in [0.5, 0.6) is 0 Å². The van der Waals surface area contributed by atoms with Crippen LogP contribution in [0.3, 0.4) is 0 Å². The Labute approximate surface area is 95.0 Å². The third-order valence-corrected chi connectivity index (χ3v) is 3.37. The average molecular weight is 239 g/mol. The van der Waals surface area contributed by atoms with Crippen LogP contribution in [0.2, 0.25) is 0 Å². The summed E-state index contributed by atoms with van der Waals surface area (Å²) in [5.41, 5.74) is 12.1. The number of nitrogens with two attached hydrogens (primary N) is 2. The lowest BCUT2D eigenvalue weighted by atomic mass is 10.6. The molecule has 0 amide bonds. The lowest BCUT2D eigenvalue weighted by Crippen LogP contribution is -1.95. The van der Waals surface area contributed by atoms with Crippen LogP contribution in [0, 0.1) is 0 Å². The number of hydrogen-bond donors (Lipinski definition) is 2. The first-order chi connectivity index (χ1) is 7.25. The molecule has 15 heavy (non-hydrogen) atoms. The molecular formula is C8H9N5S2. The second-order valence-electron chi connectivity index (χ2n) is 2.71. The minimum Gasteiger partial charge on any atom is -0.381 e. The molecule has 7 heteroatoms. The highest BCUT2D eigenvalue weighted by Gasteiger charge is 2.04. The molecule has 0 unspecified atom stereocenters. The van der Waals surface area contributed by atoms with Gasteiger partial charge in [-0.2, -0.15) is 0 Å². The minimum atomic E-state index is 0.450. The Balaban J connectivity index is 2.02. The first-order valence-electron chi connectivity index (χ1n) is 4.15. The van der Waals surface area contributed by atoms with Gasteiger partial charge in [0.15, 0.2) is 10.9 Å². The van der Waals surface area contributed by atoms with Crippen LogP contribution in [0.1, 0.15) is 5.69 Å². The molecule has 5 nitrogen and oxygen atoms in total. The Hall–Kier alpha value is -1.34. The van der Waals surface area contributed by atoms with Gasteiger partial charge in [0.1, 0.15) is 5.03 Å². The van der Waals surface area contributed by atoms with Crippen molar-refractivity contribution in [2.75, 3.05) is 11.5 Å². The van der Waals surface area contributed by atoms with Crippen molar-refractivity contribution in [2.45, 2.75) is 10.8 Å². The summed E-state index contributed by atoms with van der Waals surface area (Å²) in [7, 11) is 0. The molecule has 2 rings (SSSR count). The van der Waals surface area contributed by atoms with Crippen molar-refractivity contribution in [3.63, 3.8) is 0 Å². The Morgan fingerprint density at radius 1 is 1.27 bits per heavy atom. The van der Waals surface area contributed by atoms with Crippen LogP contribution >= 0.6 is 23.1 Å². The SMILES string of the molecule is Nc1nc(CSc2nccnc2N)cs1. The van der Waals surface area contributed by atoms with Gasteiger partial charge >= 0.3 is 0 Å². The molecule has 4 N–H and O–H groups in total. The molecule has 0 bridgehead atoms. The van der Waals surface area contributed by atoms with E-state index in [9.17, 15) is 0 Å². The van der Waals surface area contributed by atoms with Crippen molar-refractivity contribution in [3.8, 4) is 0 Å². The smallest absolute Gasteiger partial charge is 0.180 e. The fourth-order valence-electron chi connectivity index (χ4n) is 0.978. The molecule has 0 aliphatic carbocycles. The molecule has 0 fully saturated rings. The van der Waals surface area contributed by atoms with Crippen molar-refractivity contribution in [2.24, 2.45) is 0 Å². The monoisotopic (exact) mass is 239 g/mol. The minimum absolute atomic E-state index is 0.450. The van der Waals surface area contributed by atoms with Gasteiger partial charge in [0.05, 0.1) is 5.69 Å². The maximum atomic E-state index is 5.65. The quantitative estimate of drug-likeness (QED) is 0.786. The van der Waals surface area contributed by atoms with E-state index in [4.69, 9.17) is 11.5 Å². The van der Waals surface area contributed by atoms with Gasteiger partial charge in [-0.15, -0.1) is 11.3 Å². The third kappa shape index (κ3) is 2.57. The van der Waals surface area contributed by atoms with E-state index in [1.807, 2.05) is 5.38 Å². The van der Waals surface area contributed by atoms with Crippen molar-refractivity contribution in [3.05, 3.63) is 23.5 Å². The van der Waals surface area contributed by atoms with E-state index in [2.05, 4.69) is 15.0 Å². The third-order valence-electron chi connectivity index (χ3n) is 1.62. The summed E-state index contributed by atoms with van der Waals surface area (Å²) in [6.07, 6.45) is 3.19. The van der Waals surface area contributed by atoms with E-state index in [-0.39, 0.29) is 0 Å². The van der Waals surface area contributed by atoms with Crippen molar-refractivity contribution in [1.29, 1.82) is 0 Å². The summed E-state index contributed by atoms with van der Waals surface area (Å²) in [6.45, 7) is 0. The molecule has 2 heterocycles. The highest BCUT2D eigenvalue weighted by atomic mass is 32.2. The van der Waals surface area contributed by atoms with E-state index in [0.717, 1.165) is 10.7 Å². The predicted molar refractivity (Wildman–Crippen MR) is 62.5 cm³/mol. The van der Waals surface area contributed by atoms with E-state index < -0.39 is 0 Å². The zero-order valence-electron chi connectivity index (χ0n) is 7.75. The molecule has 0 radical (unpaired) electrons. The van der Waals surface area contributed by atoms with E-state index in [0.29, 0.717) is 16.7 Å². The van der Waals surface area contributed by atoms with Crippen LogP contribution in [-0.2, 0) is 5.75 Å². The zero-order valence-corrected chi connectivity index (χ0v) is 9.38. The topological polar surface area (TPSA) is 90.7 Å². The number of anilines is 2. The predicted octanol–water partition coefficient (Wildman–Crippen LogP) is 1.39. The largest absolute Gasteiger partial charge is 0.381 e. The Kier molecular flexibility index (Phi) is 3.02. The molecule has 0 saturated carbocycles. The molecule has 0 aliphatic rings. The number of nitrogens with zero attached hydrogens (tertiary/aromatic N) is 3. The van der Waals surface area contributed by atoms with E-state index in [1.165, 1.54) is 23.1 Å². The maximum absolute atomic E-state index is 5.65. The summed E-state index contributed by atoms with van der Waals surface area (Å²) in [5, 5.41) is 3.23. The van der Waals surface area contributed by atoms with Gasteiger partial charge in [0, 0.05) is 23.5 Å². The van der Waals surface area contributed by atoms with Gasteiger partial charge in [0.25, 0.3) is 0 Å². The molecule has 2 aromatic rings. The van der Waals surface area contributed by atoms with Crippen LogP contribution in [0.15, 0.2) is 22.8 Å². The van der Waals surface area contributed by atoms with E-state index in [1.54, 1.807) is 12.4 Å². The Bertz CT molecular complexity index is 456. The van der Waals surface area contributed by atoms with Gasteiger partial charge in [-0.05, 0) is 0 Å². The molecule has 0 aliphatic heterocycles. The van der Waals surface area contributed by atoms with Gasteiger partial charge in [-0.3, -0.25) is 0 Å². The zero-order chi connectivity index (χ0) is 10.7. The van der Waals surface area contributed by atoms with Gasteiger partial charge in [-0.1, -0.05) is 11.8 Å². The van der Waals surface area contributed by atoms with Gasteiger partial charge in [0.2, 0.25) is 0 Å². The van der Waals surface area contributed by atoms with Crippen molar-refractivity contribution in [1.82, 2.24) is 15.0 Å². The Morgan fingerprint density at radius 2 is 2.07 bits per heavy atom. The normalized spacial score (nSPS) is 10.4. The lowest BCUT2D eigenvalue weighted by Gasteiger charge is -2.00. The molecular weight excluding hydrogens is 230 g/mol. The van der Waals surface area contributed by atoms with Crippen LogP contribution in [0.4, 0.5) is 10.9 Å². The maximum Gasteiger partial charge on any atom is 0.180 e. The van der Waals surface area contributed by atoms with Gasteiger partial charge < -0.3 is 11.5 Å². The molecule has 2 aromatic heterocycles. The van der Waals surface area contributed by atoms with Crippen LogP contribution in [0.25, 0.3) is 0 Å². The number of aromatic nitrogens is 3. The van der Waals surface area contributed by atoms with E-state index >= 15 is 0 Å². The highest BCUT2D eigenvalue weighted by Crippen LogP contribution is 2.25. The second kappa shape index (κ2) is 4.45. The number of thiazole rings is 1. The average Bonchev–Trinajstić information content (AvgIpc) is 2.63. The number of nitrogen functional groups attached to an aromatic ring is 2. The molecule has 0 spiro atoms. The summed E-state index contributed by atoms with van der Waals surface area (Å²) in [4.78, 5) is 12.2. The van der Waals surface area contributed by atoms with Crippen LogP contribution in [-0.4, -0.2) is 15.0 Å². The molecule has 78 valence electrons. The second-order valence-corrected chi connectivity index (χ2v) is 4.57. The Morgan fingerprint density at radius 3 is 2.73 bits per heavy atom. The number of rotatable bonds is 3. The lowest BCUT2D eigenvalue weighted by molar-refractivity contribution is 1.07. The molecule has 0 saturated heterocycles. The highest BCUT2D eigenvalue weighted by molar-refractivity contribution is 7.98. The van der Waals surface area contributed by atoms with Gasteiger partial charge in [-0.25, -0.2) is 15.0 Å². The fourth-order valence-corrected chi connectivity index (χ4v) is 2.42. The summed E-state index contributed by atoms with van der Waals surface area (Å²) in [6, 6.07) is 0. The summed E-state index contributed by atoms with van der Waals surface area (Å²) < 4.78 is 0. The number of hydrogen-bond acceptors (Lipinski definition) is 7.